The molecule has 1 aromatic rings. The van der Waals surface area contributed by atoms with Crippen LogP contribution in [-0.4, -0.2) is 46.6 Å². The largest absolute Gasteiger partial charge is 0.491 e. The Hall–Kier alpha value is -0.620. The van der Waals surface area contributed by atoms with Crippen LogP contribution in [0.4, 0.5) is 0 Å². The molecule has 0 aliphatic heterocycles. The molecule has 3 unspecified atom stereocenters. The van der Waals surface area contributed by atoms with Crippen molar-refractivity contribution in [2.45, 2.75) is 19.1 Å². The molecule has 0 bridgehead atoms. The molecule has 2 N–H and O–H groups in total. The van der Waals surface area contributed by atoms with Crippen LogP contribution in [0, 0.1) is 0 Å². The number of hydrogen-bond acceptors (Lipinski definition) is 4. The lowest BCUT2D eigenvalue weighted by Gasteiger charge is -2.17. The molecular weight excluding hydrogens is 286 g/mol. The first-order valence-corrected chi connectivity index (χ1v) is 8.17. The second kappa shape index (κ2) is 8.53. The summed E-state index contributed by atoms with van der Waals surface area (Å²) in [7, 11) is -0.836. The summed E-state index contributed by atoms with van der Waals surface area (Å²) in [5, 5.41) is 13.5. The number of ether oxygens (including phenoxy) is 1. The summed E-state index contributed by atoms with van der Waals surface area (Å²) in [5.41, 5.74) is 0. The van der Waals surface area contributed by atoms with Crippen molar-refractivity contribution in [1.82, 2.24) is 5.32 Å². The molecule has 3 atom stereocenters. The third-order valence-electron chi connectivity index (χ3n) is 2.43. The normalized spacial score (nSPS) is 15.8. The van der Waals surface area contributed by atoms with Crippen molar-refractivity contribution in [3.05, 3.63) is 29.3 Å². The van der Waals surface area contributed by atoms with Gasteiger partial charge in [-0.3, -0.25) is 4.21 Å². The van der Waals surface area contributed by atoms with Crippen LogP contribution >= 0.6 is 11.6 Å². The van der Waals surface area contributed by atoms with E-state index in [9.17, 15) is 9.32 Å². The highest BCUT2D eigenvalue weighted by Gasteiger charge is 2.09. The Bertz CT molecular complexity index is 417. The van der Waals surface area contributed by atoms with Gasteiger partial charge in [0.15, 0.2) is 0 Å². The van der Waals surface area contributed by atoms with Crippen molar-refractivity contribution < 1.29 is 14.1 Å². The van der Waals surface area contributed by atoms with Crippen LogP contribution in [0.2, 0.25) is 5.02 Å². The Labute approximate surface area is 121 Å². The Morgan fingerprint density at radius 2 is 2.26 bits per heavy atom. The number of hydrogen-bond donors (Lipinski definition) is 2. The molecule has 1 aromatic carbocycles. The van der Waals surface area contributed by atoms with Crippen LogP contribution in [-0.2, 0) is 10.8 Å². The highest BCUT2D eigenvalue weighted by molar-refractivity contribution is 7.84. The number of nitrogens with one attached hydrogen (secondary N) is 1. The SMILES string of the molecule is CC(CS(C)=O)NCC(O)COc1cccc(Cl)c1. The van der Waals surface area contributed by atoms with Gasteiger partial charge in [0.1, 0.15) is 18.5 Å². The summed E-state index contributed by atoms with van der Waals surface area (Å²) in [5.74, 6) is 1.20. The van der Waals surface area contributed by atoms with E-state index in [1.807, 2.05) is 6.92 Å². The van der Waals surface area contributed by atoms with Gasteiger partial charge in [0, 0.05) is 40.4 Å². The molecule has 0 saturated carbocycles. The molecule has 0 radical (unpaired) electrons. The second-order valence-corrected chi connectivity index (χ2v) is 6.39. The first-order valence-electron chi connectivity index (χ1n) is 6.07. The van der Waals surface area contributed by atoms with Crippen LogP contribution in [0.15, 0.2) is 24.3 Å². The Morgan fingerprint density at radius 3 is 2.89 bits per heavy atom. The lowest BCUT2D eigenvalue weighted by atomic mass is 10.3. The van der Waals surface area contributed by atoms with Gasteiger partial charge in [-0.25, -0.2) is 0 Å². The van der Waals surface area contributed by atoms with Gasteiger partial charge < -0.3 is 15.2 Å². The molecule has 19 heavy (non-hydrogen) atoms. The molecule has 1 rings (SSSR count). The number of benzene rings is 1. The van der Waals surface area contributed by atoms with Crippen molar-refractivity contribution in [1.29, 1.82) is 0 Å². The Balaban J connectivity index is 2.24. The molecule has 0 aromatic heterocycles. The topological polar surface area (TPSA) is 58.6 Å². The zero-order valence-electron chi connectivity index (χ0n) is 11.1. The molecule has 108 valence electrons. The molecule has 0 aliphatic carbocycles. The van der Waals surface area contributed by atoms with Gasteiger partial charge in [0.2, 0.25) is 0 Å². The molecule has 0 amide bonds. The van der Waals surface area contributed by atoms with E-state index in [0.717, 1.165) is 0 Å². The fraction of sp³-hybridized carbons (Fsp3) is 0.538. The van der Waals surface area contributed by atoms with Crippen LogP contribution in [0.25, 0.3) is 0 Å². The van der Waals surface area contributed by atoms with E-state index in [4.69, 9.17) is 16.3 Å². The average Bonchev–Trinajstić information content (AvgIpc) is 2.33. The third-order valence-corrected chi connectivity index (χ3v) is 3.63. The summed E-state index contributed by atoms with van der Waals surface area (Å²) >= 11 is 5.83. The second-order valence-electron chi connectivity index (χ2n) is 4.47. The minimum atomic E-state index is -0.836. The number of rotatable bonds is 8. The number of halogens is 1. The summed E-state index contributed by atoms with van der Waals surface area (Å²) < 4.78 is 16.4. The smallest absolute Gasteiger partial charge is 0.120 e. The van der Waals surface area contributed by atoms with Crippen molar-refractivity contribution >= 4 is 22.4 Å². The maximum atomic E-state index is 11.0. The maximum Gasteiger partial charge on any atom is 0.120 e. The molecule has 6 heteroatoms. The minimum Gasteiger partial charge on any atom is -0.491 e. The van der Waals surface area contributed by atoms with Gasteiger partial charge in [-0.05, 0) is 25.1 Å². The van der Waals surface area contributed by atoms with Crippen LogP contribution in [0.1, 0.15) is 6.92 Å². The quantitative estimate of drug-likeness (QED) is 0.763. The average molecular weight is 306 g/mol. The monoisotopic (exact) mass is 305 g/mol. The summed E-state index contributed by atoms with van der Waals surface area (Å²) in [6.07, 6.45) is 1.04. The molecule has 0 heterocycles. The van der Waals surface area contributed by atoms with Crippen LogP contribution < -0.4 is 10.1 Å². The molecule has 4 nitrogen and oxygen atoms in total. The van der Waals surface area contributed by atoms with Gasteiger partial charge in [-0.2, -0.15) is 0 Å². The Kier molecular flexibility index (Phi) is 7.38. The summed E-state index contributed by atoms with van der Waals surface area (Å²) in [6, 6.07) is 7.14. The zero-order chi connectivity index (χ0) is 14.3. The van der Waals surface area contributed by atoms with E-state index < -0.39 is 16.9 Å². The highest BCUT2D eigenvalue weighted by atomic mass is 35.5. The molecule has 0 saturated heterocycles. The number of aliphatic hydroxyl groups excluding tert-OH is 1. The van der Waals surface area contributed by atoms with Crippen LogP contribution in [0.3, 0.4) is 0 Å². The van der Waals surface area contributed by atoms with E-state index in [1.165, 1.54) is 0 Å². The lowest BCUT2D eigenvalue weighted by molar-refractivity contribution is 0.105. The van der Waals surface area contributed by atoms with Gasteiger partial charge in [0.25, 0.3) is 0 Å². The van der Waals surface area contributed by atoms with E-state index in [2.05, 4.69) is 5.32 Å². The molecular formula is C13H20ClNO3S. The van der Waals surface area contributed by atoms with Gasteiger partial charge in [-0.1, -0.05) is 17.7 Å². The molecule has 0 spiro atoms. The van der Waals surface area contributed by atoms with Crippen molar-refractivity contribution in [3.63, 3.8) is 0 Å². The standard InChI is InChI=1S/C13H20ClNO3S/c1-10(9-19(2)17)15-7-12(16)8-18-13-5-3-4-11(14)6-13/h3-6,10,12,15-16H,7-9H2,1-2H3. The predicted octanol–water partition coefficient (Wildman–Crippen LogP) is 1.44. The van der Waals surface area contributed by atoms with Crippen molar-refractivity contribution in [2.24, 2.45) is 0 Å². The first-order chi connectivity index (χ1) is 8.97. The maximum absolute atomic E-state index is 11.0. The summed E-state index contributed by atoms with van der Waals surface area (Å²) in [6.45, 7) is 2.53. The molecule has 0 aliphatic rings. The number of aliphatic hydroxyl groups is 1. The highest BCUT2D eigenvalue weighted by Crippen LogP contribution is 2.17. The van der Waals surface area contributed by atoms with Gasteiger partial charge in [-0.15, -0.1) is 0 Å². The fourth-order valence-corrected chi connectivity index (χ4v) is 2.56. The van der Waals surface area contributed by atoms with Crippen molar-refractivity contribution in [3.8, 4) is 5.75 Å². The minimum absolute atomic E-state index is 0.103. The van der Waals surface area contributed by atoms with E-state index >= 15 is 0 Å². The van der Waals surface area contributed by atoms with E-state index in [-0.39, 0.29) is 12.6 Å². The van der Waals surface area contributed by atoms with E-state index in [1.54, 1.807) is 30.5 Å². The first kappa shape index (κ1) is 16.4. The zero-order valence-corrected chi connectivity index (χ0v) is 12.7. The summed E-state index contributed by atoms with van der Waals surface area (Å²) in [4.78, 5) is 0. The fourth-order valence-electron chi connectivity index (χ4n) is 1.56. The van der Waals surface area contributed by atoms with Gasteiger partial charge in [0.05, 0.1) is 0 Å². The molecule has 0 fully saturated rings. The lowest BCUT2D eigenvalue weighted by Crippen LogP contribution is -2.39. The Morgan fingerprint density at radius 1 is 1.53 bits per heavy atom. The third kappa shape index (κ3) is 7.52. The van der Waals surface area contributed by atoms with E-state index in [0.29, 0.717) is 23.1 Å². The van der Waals surface area contributed by atoms with Crippen molar-refractivity contribution in [2.75, 3.05) is 25.2 Å². The van der Waals surface area contributed by atoms with Gasteiger partial charge >= 0.3 is 0 Å². The predicted molar refractivity (Wildman–Crippen MR) is 79.4 cm³/mol. The van der Waals surface area contributed by atoms with Crippen LogP contribution in [0.5, 0.6) is 5.75 Å².